The fraction of sp³-hybridized carbons (Fsp3) is 0.250. The number of halogens is 3. The van der Waals surface area contributed by atoms with Gasteiger partial charge in [-0.25, -0.2) is 19.4 Å². The maximum absolute atomic E-state index is 13.4. The molecule has 2 heterocycles. The first-order chi connectivity index (χ1) is 12.8. The third-order valence-corrected chi connectivity index (χ3v) is 3.66. The Morgan fingerprint density at radius 3 is 2.70 bits per heavy atom. The number of carbonyl (C=O) groups excluding carboxylic acids is 1. The average molecular weight is 379 g/mol. The van der Waals surface area contributed by atoms with Crippen molar-refractivity contribution in [2.45, 2.75) is 25.7 Å². The molecule has 0 bridgehead atoms. The molecule has 0 aliphatic carbocycles. The molecule has 1 atom stereocenters. The van der Waals surface area contributed by atoms with Crippen molar-refractivity contribution in [2.75, 3.05) is 5.32 Å². The van der Waals surface area contributed by atoms with E-state index >= 15 is 0 Å². The second-order valence-corrected chi connectivity index (χ2v) is 5.83. The Bertz CT molecular complexity index is 891. The van der Waals surface area contributed by atoms with Gasteiger partial charge in [-0.15, -0.1) is 0 Å². The van der Waals surface area contributed by atoms with Crippen LogP contribution >= 0.6 is 0 Å². The number of benzene rings is 1. The number of imidazole rings is 1. The first-order valence-corrected chi connectivity index (χ1v) is 7.92. The van der Waals surface area contributed by atoms with Gasteiger partial charge in [-0.1, -0.05) is 0 Å². The highest BCUT2D eigenvalue weighted by molar-refractivity contribution is 5.90. The lowest BCUT2D eigenvalue weighted by Crippen LogP contribution is -2.38. The van der Waals surface area contributed by atoms with E-state index in [9.17, 15) is 18.0 Å². The monoisotopic (exact) mass is 379 g/mol. The predicted molar refractivity (Wildman–Crippen MR) is 90.2 cm³/mol. The number of hydrogen-bond donors (Lipinski definition) is 2. The quantitative estimate of drug-likeness (QED) is 0.713. The van der Waals surface area contributed by atoms with E-state index in [1.54, 1.807) is 30.2 Å². The van der Waals surface area contributed by atoms with Crippen LogP contribution in [0.15, 0.2) is 49.6 Å². The fourth-order valence-electron chi connectivity index (χ4n) is 2.50. The summed E-state index contributed by atoms with van der Waals surface area (Å²) < 4.78 is 43.2. The molecule has 0 saturated carbocycles. The molecule has 1 aromatic carbocycles. The van der Waals surface area contributed by atoms with Gasteiger partial charge in [0, 0.05) is 25.0 Å². The largest absolute Gasteiger partial charge is 0.418 e. The van der Waals surface area contributed by atoms with E-state index in [1.807, 2.05) is 0 Å². The number of amides is 2. The molecule has 0 aliphatic rings. The molecule has 0 aliphatic heterocycles. The van der Waals surface area contributed by atoms with E-state index in [2.05, 4.69) is 25.7 Å². The summed E-state index contributed by atoms with van der Waals surface area (Å²) >= 11 is 0. The van der Waals surface area contributed by atoms with Gasteiger partial charge in [-0.05, 0) is 25.1 Å². The van der Waals surface area contributed by atoms with Gasteiger partial charge in [-0.3, -0.25) is 0 Å². The number of anilines is 1. The lowest BCUT2D eigenvalue weighted by molar-refractivity contribution is -0.136. The summed E-state index contributed by atoms with van der Waals surface area (Å²) in [6.45, 7) is 2.17. The van der Waals surface area contributed by atoms with Gasteiger partial charge in [0.05, 0.1) is 23.3 Å². The maximum Gasteiger partial charge on any atom is 0.418 e. The Kier molecular flexibility index (Phi) is 5.10. The first kappa shape index (κ1) is 18.4. The minimum atomic E-state index is -4.65. The van der Waals surface area contributed by atoms with Crippen LogP contribution in [0.3, 0.4) is 0 Å². The number of nitrogens with zero attached hydrogens (tertiary/aromatic N) is 5. The molecular weight excluding hydrogens is 363 g/mol. The summed E-state index contributed by atoms with van der Waals surface area (Å²) in [5.41, 5.74) is -1.15. The SMILES string of the molecule is C[C@H](Cn1ccnc1)NC(=O)Nc1ccc(-n2cncn2)cc1C(F)(F)F. The average Bonchev–Trinajstić information content (AvgIpc) is 3.27. The zero-order chi connectivity index (χ0) is 19.4. The van der Waals surface area contributed by atoms with Crippen molar-refractivity contribution in [1.29, 1.82) is 0 Å². The van der Waals surface area contributed by atoms with Crippen LogP contribution in [0, 0.1) is 0 Å². The zero-order valence-electron chi connectivity index (χ0n) is 14.2. The van der Waals surface area contributed by atoms with E-state index < -0.39 is 17.8 Å². The van der Waals surface area contributed by atoms with Crippen LogP contribution < -0.4 is 10.6 Å². The second-order valence-electron chi connectivity index (χ2n) is 5.83. The van der Waals surface area contributed by atoms with Crippen molar-refractivity contribution in [2.24, 2.45) is 0 Å². The van der Waals surface area contributed by atoms with Gasteiger partial charge in [0.2, 0.25) is 0 Å². The molecule has 11 heteroatoms. The van der Waals surface area contributed by atoms with Crippen molar-refractivity contribution in [3.8, 4) is 5.69 Å². The summed E-state index contributed by atoms with van der Waals surface area (Å²) in [5.74, 6) is 0. The van der Waals surface area contributed by atoms with Crippen molar-refractivity contribution in [3.63, 3.8) is 0 Å². The van der Waals surface area contributed by atoms with Gasteiger partial charge >= 0.3 is 12.2 Å². The number of nitrogens with one attached hydrogen (secondary N) is 2. The van der Waals surface area contributed by atoms with Crippen LogP contribution in [0.25, 0.3) is 5.69 Å². The minimum Gasteiger partial charge on any atom is -0.335 e. The van der Waals surface area contributed by atoms with Gasteiger partial charge in [-0.2, -0.15) is 18.3 Å². The van der Waals surface area contributed by atoms with E-state index in [-0.39, 0.29) is 17.4 Å². The lowest BCUT2D eigenvalue weighted by atomic mass is 10.1. The maximum atomic E-state index is 13.4. The molecule has 0 unspecified atom stereocenters. The normalized spacial score (nSPS) is 12.6. The highest BCUT2D eigenvalue weighted by atomic mass is 19.4. The Labute approximate surface area is 152 Å². The summed E-state index contributed by atoms with van der Waals surface area (Å²) in [7, 11) is 0. The van der Waals surface area contributed by atoms with Crippen LogP contribution in [-0.2, 0) is 12.7 Å². The van der Waals surface area contributed by atoms with E-state index in [1.165, 1.54) is 29.5 Å². The number of alkyl halides is 3. The van der Waals surface area contributed by atoms with Crippen molar-refractivity contribution < 1.29 is 18.0 Å². The van der Waals surface area contributed by atoms with E-state index in [0.717, 1.165) is 6.07 Å². The second kappa shape index (κ2) is 7.48. The van der Waals surface area contributed by atoms with Crippen molar-refractivity contribution in [3.05, 3.63) is 55.1 Å². The number of urea groups is 1. The molecule has 2 amide bonds. The van der Waals surface area contributed by atoms with E-state index in [4.69, 9.17) is 0 Å². The molecule has 3 rings (SSSR count). The highest BCUT2D eigenvalue weighted by Gasteiger charge is 2.34. The molecular formula is C16H16F3N7O. The predicted octanol–water partition coefficient (Wildman–Crippen LogP) is 2.69. The molecule has 0 radical (unpaired) electrons. The Morgan fingerprint density at radius 1 is 1.26 bits per heavy atom. The van der Waals surface area contributed by atoms with Crippen LogP contribution in [0.1, 0.15) is 12.5 Å². The highest BCUT2D eigenvalue weighted by Crippen LogP contribution is 2.36. The van der Waals surface area contributed by atoms with Crippen LogP contribution in [0.5, 0.6) is 0 Å². The summed E-state index contributed by atoms with van der Waals surface area (Å²) in [5, 5.41) is 8.66. The number of rotatable bonds is 5. The van der Waals surface area contributed by atoms with Crippen LogP contribution in [0.2, 0.25) is 0 Å². The fourth-order valence-corrected chi connectivity index (χ4v) is 2.50. The summed E-state index contributed by atoms with van der Waals surface area (Å²) in [6, 6.07) is 2.44. The number of aromatic nitrogens is 5. The smallest absolute Gasteiger partial charge is 0.335 e. The van der Waals surface area contributed by atoms with Crippen molar-refractivity contribution >= 4 is 11.7 Å². The summed E-state index contributed by atoms with van der Waals surface area (Å²) in [4.78, 5) is 19.7. The molecule has 2 N–H and O–H groups in total. The summed E-state index contributed by atoms with van der Waals surface area (Å²) in [6.07, 6.45) is 2.75. The zero-order valence-corrected chi connectivity index (χ0v) is 14.2. The van der Waals surface area contributed by atoms with Gasteiger partial charge in [0.15, 0.2) is 0 Å². The Balaban J connectivity index is 1.74. The number of carbonyl (C=O) groups is 1. The molecule has 3 aromatic rings. The molecule has 0 fully saturated rings. The van der Waals surface area contributed by atoms with Gasteiger partial charge in [0.25, 0.3) is 0 Å². The van der Waals surface area contributed by atoms with Crippen LogP contribution in [0.4, 0.5) is 23.7 Å². The Morgan fingerprint density at radius 2 is 2.07 bits per heavy atom. The number of hydrogen-bond acceptors (Lipinski definition) is 4. The molecule has 142 valence electrons. The third kappa shape index (κ3) is 4.63. The third-order valence-electron chi connectivity index (χ3n) is 3.66. The molecule has 27 heavy (non-hydrogen) atoms. The van der Waals surface area contributed by atoms with Gasteiger partial charge < -0.3 is 15.2 Å². The minimum absolute atomic E-state index is 0.180. The van der Waals surface area contributed by atoms with Crippen molar-refractivity contribution in [1.82, 2.24) is 29.6 Å². The first-order valence-electron chi connectivity index (χ1n) is 7.92. The van der Waals surface area contributed by atoms with Crippen LogP contribution in [-0.4, -0.2) is 36.4 Å². The van der Waals surface area contributed by atoms with E-state index in [0.29, 0.717) is 6.54 Å². The molecule has 0 spiro atoms. The molecule has 0 saturated heterocycles. The molecule has 8 nitrogen and oxygen atoms in total. The topological polar surface area (TPSA) is 89.7 Å². The Hall–Kier alpha value is -3.37. The standard InChI is InChI=1S/C16H16F3N7O/c1-11(7-25-5-4-20-9-25)23-15(27)24-14-3-2-12(26-10-21-8-22-26)6-13(14)16(17,18)19/h2-6,8-11H,7H2,1H3,(H2,23,24,27)/t11-/m1/s1. The molecule has 2 aromatic heterocycles. The van der Waals surface area contributed by atoms with Gasteiger partial charge in [0.1, 0.15) is 12.7 Å². The lowest BCUT2D eigenvalue weighted by Gasteiger charge is -2.18.